The number of ether oxygens (including phenoxy) is 1. The summed E-state index contributed by atoms with van der Waals surface area (Å²) in [6.07, 6.45) is 0. The van der Waals surface area contributed by atoms with Gasteiger partial charge in [-0.25, -0.2) is 0 Å². The molecule has 0 radical (unpaired) electrons. The molecule has 0 bridgehead atoms. The molecule has 2 aromatic carbocycles. The van der Waals surface area contributed by atoms with Crippen molar-refractivity contribution in [2.24, 2.45) is 5.92 Å². The number of benzene rings is 2. The Hall–Kier alpha value is -3.68. The first-order valence-electron chi connectivity index (χ1n) is 10.9. The Morgan fingerprint density at radius 1 is 0.939 bits per heavy atom. The molecule has 0 fully saturated rings. The van der Waals surface area contributed by atoms with E-state index in [0.717, 1.165) is 16.0 Å². The largest absolute Gasteiger partial charge is 0.483 e. The number of fused-ring (bicyclic) bond motifs is 1. The van der Waals surface area contributed by atoms with Crippen LogP contribution in [0.3, 0.4) is 0 Å². The number of rotatable bonds is 7. The monoisotopic (exact) mass is 451 g/mol. The van der Waals surface area contributed by atoms with E-state index >= 15 is 0 Å². The van der Waals surface area contributed by atoms with Crippen LogP contribution in [0.4, 0.5) is 0 Å². The fourth-order valence-corrected chi connectivity index (χ4v) is 3.81. The fraction of sp³-hybridized carbons (Fsp3) is 0.360. The van der Waals surface area contributed by atoms with Crippen LogP contribution < -0.4 is 15.6 Å². The normalized spacial score (nSPS) is 13.8. The van der Waals surface area contributed by atoms with E-state index in [9.17, 15) is 19.2 Å². The Morgan fingerprint density at radius 2 is 1.55 bits per heavy atom. The second kappa shape index (κ2) is 9.85. The van der Waals surface area contributed by atoms with Crippen LogP contribution in [0.25, 0.3) is 0 Å². The number of carbonyl (C=O) groups is 4. The summed E-state index contributed by atoms with van der Waals surface area (Å²) >= 11 is 0. The molecule has 0 unspecified atom stereocenters. The van der Waals surface area contributed by atoms with Gasteiger partial charge in [-0.05, 0) is 48.1 Å². The molecule has 1 aliphatic heterocycles. The summed E-state index contributed by atoms with van der Waals surface area (Å²) < 4.78 is 5.68. The highest BCUT2D eigenvalue weighted by Gasteiger charge is 2.44. The summed E-state index contributed by atoms with van der Waals surface area (Å²) in [6.45, 7) is 9.14. The smallest absolute Gasteiger partial charge is 0.276 e. The Balaban J connectivity index is 1.63. The molecule has 0 aliphatic carbocycles. The summed E-state index contributed by atoms with van der Waals surface area (Å²) in [4.78, 5) is 51.7. The Kier molecular flexibility index (Phi) is 7.16. The van der Waals surface area contributed by atoms with Crippen LogP contribution in [-0.2, 0) is 9.59 Å². The molecule has 174 valence electrons. The third-order valence-corrected chi connectivity index (χ3v) is 5.48. The lowest BCUT2D eigenvalue weighted by atomic mass is 10.0. The zero-order chi connectivity index (χ0) is 24.3. The molecule has 1 aliphatic rings. The number of hydrazine groups is 1. The summed E-state index contributed by atoms with van der Waals surface area (Å²) in [5, 5.41) is 0. The number of hydrogen-bond donors (Lipinski definition) is 2. The average molecular weight is 452 g/mol. The molecule has 8 heteroatoms. The number of carbonyl (C=O) groups excluding carboxylic acids is 4. The number of amides is 4. The SMILES string of the molecule is Cc1ccc(C(C)C)c(OCC(=O)NNC(=O)[C@@H](C(C)C)N2C(=O)c3ccccc3C2=O)c1. The van der Waals surface area contributed by atoms with Crippen molar-refractivity contribution in [2.75, 3.05) is 6.61 Å². The minimum atomic E-state index is -1.08. The first-order chi connectivity index (χ1) is 15.6. The van der Waals surface area contributed by atoms with Crippen LogP contribution in [0.5, 0.6) is 5.75 Å². The standard InChI is InChI=1S/C25H29N3O5/c1-14(2)17-11-10-16(5)12-20(17)33-13-21(29)26-27-23(30)22(15(3)4)28-24(31)18-8-6-7-9-19(18)25(28)32/h6-12,14-15,22H,13H2,1-5H3,(H,26,29)(H,27,30)/t22-/m1/s1. The van der Waals surface area contributed by atoms with Crippen LogP contribution in [0.1, 0.15) is 65.5 Å². The van der Waals surface area contributed by atoms with Gasteiger partial charge < -0.3 is 4.74 Å². The predicted octanol–water partition coefficient (Wildman–Crippen LogP) is 2.97. The van der Waals surface area contributed by atoms with Crippen molar-refractivity contribution >= 4 is 23.6 Å². The van der Waals surface area contributed by atoms with Crippen molar-refractivity contribution < 1.29 is 23.9 Å². The average Bonchev–Trinajstić information content (AvgIpc) is 3.01. The van der Waals surface area contributed by atoms with Gasteiger partial charge in [0.25, 0.3) is 23.6 Å². The molecule has 33 heavy (non-hydrogen) atoms. The van der Waals surface area contributed by atoms with Crippen LogP contribution in [0, 0.1) is 12.8 Å². The highest BCUT2D eigenvalue weighted by molar-refractivity contribution is 6.22. The van der Waals surface area contributed by atoms with Gasteiger partial charge in [0.15, 0.2) is 6.61 Å². The predicted molar refractivity (Wildman–Crippen MR) is 123 cm³/mol. The first kappa shape index (κ1) is 24.0. The molecule has 4 amide bonds. The number of nitrogens with one attached hydrogen (secondary N) is 2. The summed E-state index contributed by atoms with van der Waals surface area (Å²) in [7, 11) is 0. The molecule has 1 heterocycles. The molecule has 2 N–H and O–H groups in total. The maximum atomic E-state index is 12.9. The van der Waals surface area contributed by atoms with Gasteiger partial charge in [-0.15, -0.1) is 0 Å². The molecular weight excluding hydrogens is 422 g/mol. The van der Waals surface area contributed by atoms with Gasteiger partial charge in [-0.1, -0.05) is 52.0 Å². The summed E-state index contributed by atoms with van der Waals surface area (Å²) in [5.74, 6) is -1.83. The zero-order valence-corrected chi connectivity index (χ0v) is 19.5. The maximum absolute atomic E-state index is 12.9. The minimum absolute atomic E-state index is 0.217. The molecule has 8 nitrogen and oxygen atoms in total. The molecule has 0 saturated heterocycles. The highest BCUT2D eigenvalue weighted by atomic mass is 16.5. The van der Waals surface area contributed by atoms with Crippen molar-refractivity contribution in [1.29, 1.82) is 0 Å². The molecule has 0 aromatic heterocycles. The van der Waals surface area contributed by atoms with Gasteiger partial charge in [0.1, 0.15) is 11.8 Å². The van der Waals surface area contributed by atoms with Gasteiger partial charge in [0.05, 0.1) is 11.1 Å². The van der Waals surface area contributed by atoms with E-state index in [1.807, 2.05) is 39.0 Å². The van der Waals surface area contributed by atoms with E-state index in [1.165, 1.54) is 0 Å². The van der Waals surface area contributed by atoms with Crippen molar-refractivity contribution in [3.8, 4) is 5.75 Å². The molecule has 0 spiro atoms. The maximum Gasteiger partial charge on any atom is 0.276 e. The molecule has 3 rings (SSSR count). The number of aryl methyl sites for hydroxylation is 1. The van der Waals surface area contributed by atoms with Crippen molar-refractivity contribution in [3.05, 3.63) is 64.7 Å². The third-order valence-electron chi connectivity index (χ3n) is 5.48. The zero-order valence-electron chi connectivity index (χ0n) is 19.5. The van der Waals surface area contributed by atoms with E-state index in [0.29, 0.717) is 5.75 Å². The summed E-state index contributed by atoms with van der Waals surface area (Å²) in [5.41, 5.74) is 7.14. The first-order valence-corrected chi connectivity index (χ1v) is 10.9. The topological polar surface area (TPSA) is 105 Å². The van der Waals surface area contributed by atoms with Gasteiger partial charge in [0, 0.05) is 0 Å². The van der Waals surface area contributed by atoms with E-state index in [1.54, 1.807) is 38.1 Å². The van der Waals surface area contributed by atoms with E-state index in [-0.39, 0.29) is 29.6 Å². The van der Waals surface area contributed by atoms with Crippen LogP contribution in [-0.4, -0.2) is 41.2 Å². The number of imide groups is 1. The van der Waals surface area contributed by atoms with E-state index in [4.69, 9.17) is 4.74 Å². The quantitative estimate of drug-likeness (QED) is 0.497. The molecule has 1 atom stereocenters. The second-order valence-electron chi connectivity index (χ2n) is 8.74. The number of hydrogen-bond acceptors (Lipinski definition) is 5. The lowest BCUT2D eigenvalue weighted by Crippen LogP contribution is -2.56. The lowest BCUT2D eigenvalue weighted by molar-refractivity contribution is -0.132. The van der Waals surface area contributed by atoms with Crippen molar-refractivity contribution in [1.82, 2.24) is 15.8 Å². The second-order valence-corrected chi connectivity index (χ2v) is 8.74. The highest BCUT2D eigenvalue weighted by Crippen LogP contribution is 2.28. The van der Waals surface area contributed by atoms with Crippen LogP contribution >= 0.6 is 0 Å². The minimum Gasteiger partial charge on any atom is -0.483 e. The van der Waals surface area contributed by atoms with Crippen molar-refractivity contribution in [2.45, 2.75) is 46.6 Å². The van der Waals surface area contributed by atoms with Crippen LogP contribution in [0.15, 0.2) is 42.5 Å². The third kappa shape index (κ3) is 5.05. The van der Waals surface area contributed by atoms with Gasteiger partial charge in [0.2, 0.25) is 0 Å². The van der Waals surface area contributed by atoms with Crippen molar-refractivity contribution in [3.63, 3.8) is 0 Å². The van der Waals surface area contributed by atoms with Crippen LogP contribution in [0.2, 0.25) is 0 Å². The fourth-order valence-electron chi connectivity index (χ4n) is 3.81. The molecule has 2 aromatic rings. The summed E-state index contributed by atoms with van der Waals surface area (Å²) in [6, 6.07) is 11.2. The van der Waals surface area contributed by atoms with Gasteiger partial charge in [-0.2, -0.15) is 0 Å². The number of nitrogens with zero attached hydrogens (tertiary/aromatic N) is 1. The van der Waals surface area contributed by atoms with E-state index < -0.39 is 29.7 Å². The Bertz CT molecular complexity index is 1060. The lowest BCUT2D eigenvalue weighted by Gasteiger charge is -2.28. The van der Waals surface area contributed by atoms with Gasteiger partial charge in [-0.3, -0.25) is 34.9 Å². The molecule has 0 saturated carbocycles. The Morgan fingerprint density at radius 3 is 2.09 bits per heavy atom. The van der Waals surface area contributed by atoms with E-state index in [2.05, 4.69) is 10.9 Å². The molecular formula is C25H29N3O5. The van der Waals surface area contributed by atoms with Gasteiger partial charge >= 0.3 is 0 Å². The Labute approximate surface area is 193 Å².